The zero-order chi connectivity index (χ0) is 16.5. The van der Waals surface area contributed by atoms with Crippen LogP contribution < -0.4 is 10.6 Å². The molecule has 3 atom stereocenters. The van der Waals surface area contributed by atoms with Crippen molar-refractivity contribution in [2.75, 3.05) is 19.3 Å². The van der Waals surface area contributed by atoms with Gasteiger partial charge in [0.2, 0.25) is 0 Å². The van der Waals surface area contributed by atoms with E-state index in [1.54, 1.807) is 5.57 Å². The molecule has 4 nitrogen and oxygen atoms in total. The van der Waals surface area contributed by atoms with Crippen molar-refractivity contribution in [3.63, 3.8) is 0 Å². The number of allylic oxidation sites excluding steroid dienone is 1. The van der Waals surface area contributed by atoms with E-state index in [2.05, 4.69) is 21.7 Å². The van der Waals surface area contributed by atoms with Gasteiger partial charge in [-0.15, -0.1) is 24.0 Å². The van der Waals surface area contributed by atoms with Gasteiger partial charge < -0.3 is 10.6 Å². The first-order valence-electron chi connectivity index (χ1n) is 9.25. The predicted octanol–water partition coefficient (Wildman–Crippen LogP) is 3.74. The van der Waals surface area contributed by atoms with Crippen LogP contribution in [0.25, 0.3) is 0 Å². The summed E-state index contributed by atoms with van der Waals surface area (Å²) in [6, 6.07) is 0.407. The Kier molecular flexibility index (Phi) is 11.2. The number of hydrogen-bond donors (Lipinski definition) is 2. The standard InChI is InChI=1S/C18H33N3OS.HI/c1-3-23(22)17-11-7-10-16(14-17)21-18(19-2)20-13-12-15-8-5-4-6-9-15;/h8,16-17H,3-7,9-14H2,1-2H3,(H2,19,20,21);1H. The highest BCUT2D eigenvalue weighted by Gasteiger charge is 2.25. The molecule has 3 unspecified atom stereocenters. The Morgan fingerprint density at radius 3 is 2.83 bits per heavy atom. The van der Waals surface area contributed by atoms with E-state index in [9.17, 15) is 4.21 Å². The molecule has 24 heavy (non-hydrogen) atoms. The van der Waals surface area contributed by atoms with Crippen LogP contribution in [0, 0.1) is 0 Å². The second-order valence-corrected chi connectivity index (χ2v) is 8.66. The minimum Gasteiger partial charge on any atom is -0.356 e. The van der Waals surface area contributed by atoms with Crippen molar-refractivity contribution in [2.45, 2.75) is 76.0 Å². The van der Waals surface area contributed by atoms with Gasteiger partial charge in [0, 0.05) is 41.4 Å². The van der Waals surface area contributed by atoms with Crippen LogP contribution in [-0.2, 0) is 10.8 Å². The average Bonchev–Trinajstić information content (AvgIpc) is 2.61. The van der Waals surface area contributed by atoms with E-state index in [4.69, 9.17) is 0 Å². The Bertz CT molecular complexity index is 454. The predicted molar refractivity (Wildman–Crippen MR) is 116 cm³/mol. The van der Waals surface area contributed by atoms with Gasteiger partial charge in [0.05, 0.1) is 0 Å². The Morgan fingerprint density at radius 1 is 1.33 bits per heavy atom. The third kappa shape index (κ3) is 7.42. The minimum absolute atomic E-state index is 0. The molecule has 0 amide bonds. The molecule has 1 saturated carbocycles. The van der Waals surface area contributed by atoms with Crippen LogP contribution in [0.4, 0.5) is 0 Å². The maximum Gasteiger partial charge on any atom is 0.191 e. The molecule has 2 aliphatic rings. The molecule has 0 aromatic carbocycles. The van der Waals surface area contributed by atoms with Crippen molar-refractivity contribution in [3.05, 3.63) is 11.6 Å². The van der Waals surface area contributed by atoms with E-state index in [1.807, 2.05) is 14.0 Å². The lowest BCUT2D eigenvalue weighted by molar-refractivity contribution is 0.413. The molecule has 140 valence electrons. The third-order valence-electron chi connectivity index (χ3n) is 4.97. The molecular formula is C18H34IN3OS. The van der Waals surface area contributed by atoms with E-state index in [1.165, 1.54) is 25.7 Å². The second kappa shape index (κ2) is 12.3. The molecular weight excluding hydrogens is 433 g/mol. The Hall–Kier alpha value is -0.110. The van der Waals surface area contributed by atoms with Gasteiger partial charge in [-0.1, -0.05) is 25.0 Å². The Morgan fingerprint density at radius 2 is 2.17 bits per heavy atom. The average molecular weight is 467 g/mol. The highest BCUT2D eigenvalue weighted by molar-refractivity contribution is 14.0. The second-order valence-electron chi connectivity index (χ2n) is 6.66. The van der Waals surface area contributed by atoms with Crippen LogP contribution in [0.3, 0.4) is 0 Å². The van der Waals surface area contributed by atoms with Crippen LogP contribution in [0.5, 0.6) is 0 Å². The zero-order valence-corrected chi connectivity index (χ0v) is 18.3. The van der Waals surface area contributed by atoms with Gasteiger partial charge in [0.25, 0.3) is 0 Å². The zero-order valence-electron chi connectivity index (χ0n) is 15.2. The van der Waals surface area contributed by atoms with Crippen molar-refractivity contribution < 1.29 is 4.21 Å². The van der Waals surface area contributed by atoms with Crippen LogP contribution in [0.15, 0.2) is 16.6 Å². The number of guanidine groups is 1. The Balaban J connectivity index is 0.00000288. The first kappa shape index (κ1) is 21.9. The number of nitrogens with zero attached hydrogens (tertiary/aromatic N) is 1. The van der Waals surface area contributed by atoms with E-state index < -0.39 is 10.8 Å². The van der Waals surface area contributed by atoms with Crippen molar-refractivity contribution in [1.29, 1.82) is 0 Å². The van der Waals surface area contributed by atoms with Gasteiger partial charge in [-0.2, -0.15) is 0 Å². The van der Waals surface area contributed by atoms with Crippen molar-refractivity contribution >= 4 is 40.7 Å². The summed E-state index contributed by atoms with van der Waals surface area (Å²) in [5.41, 5.74) is 1.59. The molecule has 0 aromatic rings. The van der Waals surface area contributed by atoms with Gasteiger partial charge in [0.15, 0.2) is 5.96 Å². The molecule has 2 rings (SSSR count). The number of rotatable bonds is 6. The van der Waals surface area contributed by atoms with Crippen molar-refractivity contribution in [3.8, 4) is 0 Å². The fourth-order valence-electron chi connectivity index (χ4n) is 3.61. The third-order valence-corrected chi connectivity index (χ3v) is 6.71. The molecule has 0 heterocycles. The van der Waals surface area contributed by atoms with Crippen LogP contribution in [0.1, 0.15) is 64.7 Å². The highest BCUT2D eigenvalue weighted by atomic mass is 127. The molecule has 0 aliphatic heterocycles. The lowest BCUT2D eigenvalue weighted by atomic mass is 9.95. The minimum atomic E-state index is -0.667. The molecule has 1 fully saturated rings. The summed E-state index contributed by atoms with van der Waals surface area (Å²) in [5, 5.41) is 7.34. The molecule has 0 saturated heterocycles. The normalized spacial score (nSPS) is 26.1. The molecule has 2 N–H and O–H groups in total. The van der Waals surface area contributed by atoms with E-state index in [0.717, 1.165) is 50.4 Å². The molecule has 0 radical (unpaired) electrons. The summed E-state index contributed by atoms with van der Waals surface area (Å²) in [6.07, 6.45) is 13.2. The van der Waals surface area contributed by atoms with Crippen LogP contribution in [-0.4, -0.2) is 40.8 Å². The lowest BCUT2D eigenvalue weighted by Gasteiger charge is -2.30. The summed E-state index contributed by atoms with van der Waals surface area (Å²) < 4.78 is 12.0. The van der Waals surface area contributed by atoms with E-state index >= 15 is 0 Å². The largest absolute Gasteiger partial charge is 0.356 e. The molecule has 0 bridgehead atoms. The Labute approximate surface area is 167 Å². The summed E-state index contributed by atoms with van der Waals surface area (Å²) in [5.74, 6) is 1.67. The van der Waals surface area contributed by atoms with Gasteiger partial charge in [0.1, 0.15) is 0 Å². The molecule has 0 aromatic heterocycles. The maximum absolute atomic E-state index is 12.0. The fourth-order valence-corrected chi connectivity index (χ4v) is 4.96. The first-order valence-corrected chi connectivity index (χ1v) is 10.6. The summed E-state index contributed by atoms with van der Waals surface area (Å²) in [7, 11) is 1.17. The van der Waals surface area contributed by atoms with Crippen LogP contribution in [0.2, 0.25) is 0 Å². The molecule has 2 aliphatic carbocycles. The van der Waals surface area contributed by atoms with Gasteiger partial charge in [-0.25, -0.2) is 0 Å². The number of halogens is 1. The molecule has 0 spiro atoms. The SMILES string of the molecule is CCS(=O)C1CCCC(NC(=NC)NCCC2=CCCCC2)C1.I. The fraction of sp³-hybridized carbons (Fsp3) is 0.833. The van der Waals surface area contributed by atoms with E-state index in [-0.39, 0.29) is 24.0 Å². The lowest BCUT2D eigenvalue weighted by Crippen LogP contribution is -2.46. The number of nitrogens with one attached hydrogen (secondary N) is 2. The summed E-state index contributed by atoms with van der Waals surface area (Å²) in [4.78, 5) is 4.35. The van der Waals surface area contributed by atoms with Gasteiger partial charge in [-0.3, -0.25) is 9.20 Å². The quantitative estimate of drug-likeness (QED) is 0.271. The smallest absolute Gasteiger partial charge is 0.191 e. The molecule has 6 heteroatoms. The van der Waals surface area contributed by atoms with Crippen molar-refractivity contribution in [1.82, 2.24) is 10.6 Å². The monoisotopic (exact) mass is 467 g/mol. The first-order chi connectivity index (χ1) is 11.2. The van der Waals surface area contributed by atoms with Crippen molar-refractivity contribution in [2.24, 2.45) is 4.99 Å². The van der Waals surface area contributed by atoms with Gasteiger partial charge in [-0.05, 0) is 51.4 Å². The maximum atomic E-state index is 12.0. The number of aliphatic imine (C=N–C) groups is 1. The van der Waals surface area contributed by atoms with E-state index in [0.29, 0.717) is 11.3 Å². The van der Waals surface area contributed by atoms with Gasteiger partial charge >= 0.3 is 0 Å². The highest BCUT2D eigenvalue weighted by Crippen LogP contribution is 2.23. The summed E-state index contributed by atoms with van der Waals surface area (Å²) in [6.45, 7) is 2.97. The summed E-state index contributed by atoms with van der Waals surface area (Å²) >= 11 is 0. The number of hydrogen-bond acceptors (Lipinski definition) is 2. The topological polar surface area (TPSA) is 53.5 Å². The van der Waals surface area contributed by atoms with Crippen LogP contribution >= 0.6 is 24.0 Å².